The monoisotopic (exact) mass is 149 g/mol. The molecule has 0 radical (unpaired) electrons. The molecule has 0 saturated carbocycles. The first-order valence-corrected chi connectivity index (χ1v) is 4.02. The van der Waals surface area contributed by atoms with E-state index in [1.165, 1.54) is 6.42 Å². The van der Waals surface area contributed by atoms with E-state index >= 15 is 0 Å². The van der Waals surface area contributed by atoms with Crippen LogP contribution < -0.4 is 0 Å². The Morgan fingerprint density at radius 2 is 2.11 bits per heavy atom. The summed E-state index contributed by atoms with van der Waals surface area (Å²) in [6, 6.07) is 0.670. The van der Waals surface area contributed by atoms with E-state index < -0.39 is 0 Å². The standard InChI is InChI=1S/C7H16ClN/c1-4-7(2)9(3)6-5-8/h7H,4-6H2,1-3H3. The highest BCUT2D eigenvalue weighted by Gasteiger charge is 2.03. The van der Waals surface area contributed by atoms with Crippen LogP contribution in [0, 0.1) is 0 Å². The van der Waals surface area contributed by atoms with Gasteiger partial charge in [0.15, 0.2) is 0 Å². The second-order valence-electron chi connectivity index (χ2n) is 2.43. The Labute approximate surface area is 63.0 Å². The summed E-state index contributed by atoms with van der Waals surface area (Å²) in [6.45, 7) is 5.40. The van der Waals surface area contributed by atoms with Crippen molar-refractivity contribution >= 4 is 11.6 Å². The fourth-order valence-electron chi connectivity index (χ4n) is 0.665. The van der Waals surface area contributed by atoms with Gasteiger partial charge in [0.25, 0.3) is 0 Å². The van der Waals surface area contributed by atoms with Crippen molar-refractivity contribution in [1.82, 2.24) is 4.90 Å². The van der Waals surface area contributed by atoms with E-state index in [0.717, 1.165) is 12.4 Å². The molecule has 0 N–H and O–H groups in total. The molecule has 0 fully saturated rings. The molecule has 0 aliphatic carbocycles. The highest BCUT2D eigenvalue weighted by atomic mass is 35.5. The fraction of sp³-hybridized carbons (Fsp3) is 1.00. The van der Waals surface area contributed by atoms with E-state index in [4.69, 9.17) is 11.6 Å². The van der Waals surface area contributed by atoms with Gasteiger partial charge in [0.1, 0.15) is 0 Å². The van der Waals surface area contributed by atoms with E-state index in [9.17, 15) is 0 Å². The van der Waals surface area contributed by atoms with Gasteiger partial charge >= 0.3 is 0 Å². The van der Waals surface area contributed by atoms with Crippen LogP contribution in [0.25, 0.3) is 0 Å². The molecule has 0 aromatic carbocycles. The molecule has 1 nitrogen and oxygen atoms in total. The zero-order valence-electron chi connectivity index (χ0n) is 6.52. The molecule has 0 aliphatic rings. The average molecular weight is 150 g/mol. The van der Waals surface area contributed by atoms with Gasteiger partial charge in [-0.1, -0.05) is 6.92 Å². The summed E-state index contributed by atoms with van der Waals surface area (Å²) in [5.74, 6) is 0.737. The Morgan fingerprint density at radius 3 is 2.44 bits per heavy atom. The number of rotatable bonds is 4. The molecule has 1 unspecified atom stereocenters. The van der Waals surface area contributed by atoms with Crippen LogP contribution in [0.3, 0.4) is 0 Å². The summed E-state index contributed by atoms with van der Waals surface area (Å²) < 4.78 is 0. The largest absolute Gasteiger partial charge is 0.303 e. The van der Waals surface area contributed by atoms with Crippen LogP contribution in [0.4, 0.5) is 0 Å². The SMILES string of the molecule is CCC(C)N(C)CCCl. The van der Waals surface area contributed by atoms with Crippen molar-refractivity contribution in [2.24, 2.45) is 0 Å². The summed E-state index contributed by atoms with van der Waals surface area (Å²) in [5, 5.41) is 0. The Hall–Kier alpha value is 0.250. The highest BCUT2D eigenvalue weighted by molar-refractivity contribution is 6.18. The minimum Gasteiger partial charge on any atom is -0.303 e. The smallest absolute Gasteiger partial charge is 0.0351 e. The minimum atomic E-state index is 0.670. The third kappa shape index (κ3) is 3.77. The number of halogens is 1. The van der Waals surface area contributed by atoms with Gasteiger partial charge in [-0.2, -0.15) is 0 Å². The molecule has 0 spiro atoms. The molecule has 2 heteroatoms. The molecule has 0 aromatic rings. The molecule has 0 rings (SSSR count). The van der Waals surface area contributed by atoms with Crippen molar-refractivity contribution in [3.05, 3.63) is 0 Å². The normalized spacial score (nSPS) is 14.3. The molecule has 9 heavy (non-hydrogen) atoms. The zero-order chi connectivity index (χ0) is 7.28. The first kappa shape index (κ1) is 9.25. The van der Waals surface area contributed by atoms with Gasteiger partial charge in [-0.05, 0) is 20.4 Å². The summed E-state index contributed by atoms with van der Waals surface area (Å²) >= 11 is 5.56. The topological polar surface area (TPSA) is 3.24 Å². The maximum atomic E-state index is 5.56. The predicted octanol–water partition coefficient (Wildman–Crippen LogP) is 1.96. The first-order valence-electron chi connectivity index (χ1n) is 3.48. The van der Waals surface area contributed by atoms with Gasteiger partial charge in [-0.15, -0.1) is 11.6 Å². The maximum Gasteiger partial charge on any atom is 0.0351 e. The lowest BCUT2D eigenvalue weighted by Gasteiger charge is -2.21. The second kappa shape index (κ2) is 5.07. The lowest BCUT2D eigenvalue weighted by atomic mass is 10.2. The van der Waals surface area contributed by atoms with Crippen molar-refractivity contribution < 1.29 is 0 Å². The van der Waals surface area contributed by atoms with Crippen LogP contribution in [0.2, 0.25) is 0 Å². The van der Waals surface area contributed by atoms with E-state index in [1.54, 1.807) is 0 Å². The van der Waals surface area contributed by atoms with Crippen molar-refractivity contribution in [1.29, 1.82) is 0 Å². The lowest BCUT2D eigenvalue weighted by molar-refractivity contribution is 0.266. The third-order valence-electron chi connectivity index (χ3n) is 1.78. The second-order valence-corrected chi connectivity index (χ2v) is 2.80. The Balaban J connectivity index is 3.32. The fourth-order valence-corrected chi connectivity index (χ4v) is 0.932. The van der Waals surface area contributed by atoms with Crippen molar-refractivity contribution in [3.8, 4) is 0 Å². The molecule has 56 valence electrons. The summed E-state index contributed by atoms with van der Waals surface area (Å²) in [4.78, 5) is 2.27. The average Bonchev–Trinajstić information content (AvgIpc) is 1.87. The van der Waals surface area contributed by atoms with Gasteiger partial charge in [-0.25, -0.2) is 0 Å². The molecule has 0 aromatic heterocycles. The van der Waals surface area contributed by atoms with Crippen LogP contribution in [0.5, 0.6) is 0 Å². The zero-order valence-corrected chi connectivity index (χ0v) is 7.28. The van der Waals surface area contributed by atoms with E-state index in [2.05, 4.69) is 25.8 Å². The molecule has 0 saturated heterocycles. The molecule has 0 bridgehead atoms. The molecular weight excluding hydrogens is 134 g/mol. The quantitative estimate of drug-likeness (QED) is 0.553. The van der Waals surface area contributed by atoms with Crippen LogP contribution in [-0.4, -0.2) is 30.4 Å². The summed E-state index contributed by atoms with van der Waals surface area (Å²) in [7, 11) is 2.11. The Morgan fingerprint density at radius 1 is 1.56 bits per heavy atom. The number of alkyl halides is 1. The number of nitrogens with zero attached hydrogens (tertiary/aromatic N) is 1. The van der Waals surface area contributed by atoms with Gasteiger partial charge in [0.2, 0.25) is 0 Å². The maximum absolute atomic E-state index is 5.56. The Kier molecular flexibility index (Phi) is 5.21. The Bertz CT molecular complexity index is 65.9. The van der Waals surface area contributed by atoms with Crippen LogP contribution in [0.1, 0.15) is 20.3 Å². The van der Waals surface area contributed by atoms with Gasteiger partial charge in [-0.3, -0.25) is 0 Å². The first-order chi connectivity index (χ1) is 4.22. The molecule has 1 atom stereocenters. The lowest BCUT2D eigenvalue weighted by Crippen LogP contribution is -2.29. The summed E-state index contributed by atoms with van der Waals surface area (Å²) in [6.07, 6.45) is 1.20. The summed E-state index contributed by atoms with van der Waals surface area (Å²) in [5.41, 5.74) is 0. The molecular formula is C7H16ClN. The molecule has 0 amide bonds. The van der Waals surface area contributed by atoms with Crippen LogP contribution in [-0.2, 0) is 0 Å². The van der Waals surface area contributed by atoms with Crippen molar-refractivity contribution in [3.63, 3.8) is 0 Å². The van der Waals surface area contributed by atoms with Crippen molar-refractivity contribution in [2.75, 3.05) is 19.5 Å². The van der Waals surface area contributed by atoms with E-state index in [-0.39, 0.29) is 0 Å². The van der Waals surface area contributed by atoms with Gasteiger partial charge in [0.05, 0.1) is 0 Å². The molecule has 0 heterocycles. The van der Waals surface area contributed by atoms with Crippen LogP contribution >= 0.6 is 11.6 Å². The minimum absolute atomic E-state index is 0.670. The van der Waals surface area contributed by atoms with Gasteiger partial charge in [0, 0.05) is 18.5 Å². The van der Waals surface area contributed by atoms with Gasteiger partial charge < -0.3 is 4.90 Å². The van der Waals surface area contributed by atoms with E-state index in [1.807, 2.05) is 0 Å². The van der Waals surface area contributed by atoms with Crippen LogP contribution in [0.15, 0.2) is 0 Å². The van der Waals surface area contributed by atoms with Crippen molar-refractivity contribution in [2.45, 2.75) is 26.3 Å². The highest BCUT2D eigenvalue weighted by Crippen LogP contribution is 1.98. The number of hydrogen-bond acceptors (Lipinski definition) is 1. The number of hydrogen-bond donors (Lipinski definition) is 0. The van der Waals surface area contributed by atoms with E-state index in [0.29, 0.717) is 6.04 Å². The third-order valence-corrected chi connectivity index (χ3v) is 1.95. The molecule has 0 aliphatic heterocycles. The predicted molar refractivity (Wildman–Crippen MR) is 43.1 cm³/mol.